The Hall–Kier alpha value is -2.90. The van der Waals surface area contributed by atoms with E-state index in [2.05, 4.69) is 16.0 Å². The van der Waals surface area contributed by atoms with Crippen molar-refractivity contribution in [3.63, 3.8) is 0 Å². The number of amides is 5. The van der Waals surface area contributed by atoms with Gasteiger partial charge < -0.3 is 16.0 Å². The van der Waals surface area contributed by atoms with Crippen LogP contribution >= 0.6 is 0 Å². The normalized spacial score (nSPS) is 15.7. The van der Waals surface area contributed by atoms with Gasteiger partial charge in [0.1, 0.15) is 12.1 Å². The summed E-state index contributed by atoms with van der Waals surface area (Å²) in [6.45, 7) is 4.66. The van der Waals surface area contributed by atoms with Crippen molar-refractivity contribution in [3.05, 3.63) is 24.3 Å². The first-order valence-corrected chi connectivity index (χ1v) is 8.13. The van der Waals surface area contributed by atoms with E-state index in [9.17, 15) is 19.2 Å². The number of rotatable bonds is 6. The molecule has 1 heterocycles. The number of nitrogens with zero attached hydrogens (tertiary/aromatic N) is 1. The third-order valence-corrected chi connectivity index (χ3v) is 4.22. The minimum atomic E-state index is -0.928. The molecule has 134 valence electrons. The van der Waals surface area contributed by atoms with E-state index < -0.39 is 17.5 Å². The summed E-state index contributed by atoms with van der Waals surface area (Å²) < 4.78 is 0. The first kappa shape index (κ1) is 18.4. The Balaban J connectivity index is 2.04. The number of anilines is 2. The zero-order valence-electron chi connectivity index (χ0n) is 14.5. The van der Waals surface area contributed by atoms with Gasteiger partial charge in [0.25, 0.3) is 5.91 Å². The highest BCUT2D eigenvalue weighted by molar-refractivity contribution is 6.10. The van der Waals surface area contributed by atoms with Crippen LogP contribution in [0.5, 0.6) is 0 Å². The number of benzene rings is 1. The number of carbonyl (C=O) groups excluding carboxylic acids is 4. The summed E-state index contributed by atoms with van der Waals surface area (Å²) in [6.07, 6.45) is 0.926. The van der Waals surface area contributed by atoms with Crippen LogP contribution in [0.2, 0.25) is 0 Å². The van der Waals surface area contributed by atoms with Crippen LogP contribution < -0.4 is 16.0 Å². The molecule has 0 bridgehead atoms. The average Bonchev–Trinajstić information content (AvgIpc) is 2.79. The number of urea groups is 1. The highest BCUT2D eigenvalue weighted by Gasteiger charge is 2.49. The molecule has 8 nitrogen and oxygen atoms in total. The smallest absolute Gasteiger partial charge is 0.325 e. The number of hydrogen-bond donors (Lipinski definition) is 3. The molecule has 0 atom stereocenters. The van der Waals surface area contributed by atoms with Gasteiger partial charge in [-0.3, -0.25) is 19.3 Å². The quantitative estimate of drug-likeness (QED) is 0.681. The molecule has 1 aromatic carbocycles. The first-order valence-electron chi connectivity index (χ1n) is 8.13. The van der Waals surface area contributed by atoms with Gasteiger partial charge in [-0.2, -0.15) is 0 Å². The molecule has 3 N–H and O–H groups in total. The molecular weight excluding hydrogens is 324 g/mol. The standard InChI is InChI=1S/C17H22N4O4/c1-4-17(5-2)15(24)21(16(25)20-17)10-14(23)19-13-8-6-7-12(9-13)18-11(3)22/h6-9H,4-5,10H2,1-3H3,(H,18,22)(H,19,23)(H,20,25). The van der Waals surface area contributed by atoms with E-state index in [4.69, 9.17) is 0 Å². The molecule has 0 radical (unpaired) electrons. The predicted octanol–water partition coefficient (Wildman–Crippen LogP) is 1.69. The lowest BCUT2D eigenvalue weighted by atomic mass is 9.93. The Bertz CT molecular complexity index is 712. The van der Waals surface area contributed by atoms with Crippen molar-refractivity contribution in [2.24, 2.45) is 0 Å². The molecule has 1 aliphatic rings. The van der Waals surface area contributed by atoms with Gasteiger partial charge >= 0.3 is 6.03 Å². The minimum absolute atomic E-state index is 0.224. The molecule has 0 unspecified atom stereocenters. The molecule has 5 amide bonds. The van der Waals surface area contributed by atoms with Crippen LogP contribution in [0.3, 0.4) is 0 Å². The van der Waals surface area contributed by atoms with Crippen LogP contribution in [0.25, 0.3) is 0 Å². The van der Waals surface area contributed by atoms with E-state index in [0.29, 0.717) is 24.2 Å². The topological polar surface area (TPSA) is 108 Å². The fourth-order valence-corrected chi connectivity index (χ4v) is 2.77. The van der Waals surface area contributed by atoms with E-state index in [0.717, 1.165) is 4.90 Å². The Kier molecular flexibility index (Phi) is 5.41. The molecule has 0 spiro atoms. The Morgan fingerprint density at radius 2 is 1.72 bits per heavy atom. The third-order valence-electron chi connectivity index (χ3n) is 4.22. The highest BCUT2D eigenvalue weighted by Crippen LogP contribution is 2.24. The molecule has 1 fully saturated rings. The Labute approximate surface area is 145 Å². The lowest BCUT2D eigenvalue weighted by Gasteiger charge is -2.23. The number of nitrogens with one attached hydrogen (secondary N) is 3. The summed E-state index contributed by atoms with van der Waals surface area (Å²) in [5.41, 5.74) is 0.0692. The second kappa shape index (κ2) is 7.33. The van der Waals surface area contributed by atoms with Gasteiger partial charge in [-0.05, 0) is 31.0 Å². The van der Waals surface area contributed by atoms with Crippen LogP contribution in [0, 0.1) is 0 Å². The maximum Gasteiger partial charge on any atom is 0.325 e. The third kappa shape index (κ3) is 3.96. The van der Waals surface area contributed by atoms with Crippen molar-refractivity contribution < 1.29 is 19.2 Å². The van der Waals surface area contributed by atoms with Crippen LogP contribution in [0.15, 0.2) is 24.3 Å². The van der Waals surface area contributed by atoms with Gasteiger partial charge in [0, 0.05) is 18.3 Å². The number of hydrogen-bond acceptors (Lipinski definition) is 4. The van der Waals surface area contributed by atoms with Crippen molar-refractivity contribution in [2.75, 3.05) is 17.2 Å². The molecule has 1 saturated heterocycles. The highest BCUT2D eigenvalue weighted by atomic mass is 16.2. The summed E-state index contributed by atoms with van der Waals surface area (Å²) in [5.74, 6) is -1.10. The molecule has 0 saturated carbocycles. The van der Waals surface area contributed by atoms with Crippen LogP contribution in [-0.2, 0) is 14.4 Å². The van der Waals surface area contributed by atoms with Gasteiger partial charge in [0.15, 0.2) is 0 Å². The largest absolute Gasteiger partial charge is 0.326 e. The SMILES string of the molecule is CCC1(CC)NC(=O)N(CC(=O)Nc2cccc(NC(C)=O)c2)C1=O. The molecular formula is C17H22N4O4. The van der Waals surface area contributed by atoms with Gasteiger partial charge in [-0.1, -0.05) is 19.9 Å². The molecule has 25 heavy (non-hydrogen) atoms. The van der Waals surface area contributed by atoms with Crippen molar-refractivity contribution >= 4 is 35.1 Å². The second-order valence-corrected chi connectivity index (χ2v) is 5.92. The summed E-state index contributed by atoms with van der Waals surface area (Å²) in [6, 6.07) is 6.04. The van der Waals surface area contributed by atoms with E-state index in [-0.39, 0.29) is 18.4 Å². The zero-order valence-corrected chi connectivity index (χ0v) is 14.5. The fraction of sp³-hybridized carbons (Fsp3) is 0.412. The van der Waals surface area contributed by atoms with Crippen molar-refractivity contribution in [2.45, 2.75) is 39.2 Å². The molecule has 1 aliphatic heterocycles. The molecule has 0 aliphatic carbocycles. The predicted molar refractivity (Wildman–Crippen MR) is 92.9 cm³/mol. The summed E-state index contributed by atoms with van der Waals surface area (Å²) >= 11 is 0. The second-order valence-electron chi connectivity index (χ2n) is 5.92. The van der Waals surface area contributed by atoms with Crippen LogP contribution in [0.4, 0.5) is 16.2 Å². The van der Waals surface area contributed by atoms with Gasteiger partial charge in [-0.25, -0.2) is 4.79 Å². The molecule has 0 aromatic heterocycles. The summed E-state index contributed by atoms with van der Waals surface area (Å²) in [4.78, 5) is 48.7. The lowest BCUT2D eigenvalue weighted by Crippen LogP contribution is -2.46. The maximum atomic E-state index is 12.5. The van der Waals surface area contributed by atoms with Gasteiger partial charge in [-0.15, -0.1) is 0 Å². The maximum absolute atomic E-state index is 12.5. The van der Waals surface area contributed by atoms with E-state index >= 15 is 0 Å². The summed E-state index contributed by atoms with van der Waals surface area (Å²) in [7, 11) is 0. The van der Waals surface area contributed by atoms with Crippen LogP contribution in [-0.4, -0.2) is 40.7 Å². The zero-order chi connectivity index (χ0) is 18.6. The first-order chi connectivity index (χ1) is 11.8. The van der Waals surface area contributed by atoms with Crippen molar-refractivity contribution in [1.82, 2.24) is 10.2 Å². The number of imide groups is 1. The number of carbonyl (C=O) groups is 4. The monoisotopic (exact) mass is 346 g/mol. The summed E-state index contributed by atoms with van der Waals surface area (Å²) in [5, 5.41) is 7.91. The minimum Gasteiger partial charge on any atom is -0.326 e. The molecule has 1 aromatic rings. The Morgan fingerprint density at radius 3 is 2.24 bits per heavy atom. The Morgan fingerprint density at radius 1 is 1.12 bits per heavy atom. The van der Waals surface area contributed by atoms with Crippen LogP contribution in [0.1, 0.15) is 33.6 Å². The van der Waals surface area contributed by atoms with Gasteiger partial charge in [0.2, 0.25) is 11.8 Å². The van der Waals surface area contributed by atoms with Gasteiger partial charge in [0.05, 0.1) is 0 Å². The fourth-order valence-electron chi connectivity index (χ4n) is 2.77. The van der Waals surface area contributed by atoms with E-state index in [1.807, 2.05) is 13.8 Å². The average molecular weight is 346 g/mol. The van der Waals surface area contributed by atoms with Crippen molar-refractivity contribution in [1.29, 1.82) is 0 Å². The van der Waals surface area contributed by atoms with E-state index in [1.54, 1.807) is 24.3 Å². The van der Waals surface area contributed by atoms with E-state index in [1.165, 1.54) is 6.92 Å². The molecule has 8 heteroatoms. The lowest BCUT2D eigenvalue weighted by molar-refractivity contribution is -0.134. The molecule has 2 rings (SSSR count). The van der Waals surface area contributed by atoms with Crippen molar-refractivity contribution in [3.8, 4) is 0 Å².